The highest BCUT2D eigenvalue weighted by Gasteiger charge is 2.16. The van der Waals surface area contributed by atoms with Crippen LogP contribution in [0.5, 0.6) is 17.2 Å². The van der Waals surface area contributed by atoms with E-state index in [0.29, 0.717) is 28.5 Å². The zero-order chi connectivity index (χ0) is 21.4. The van der Waals surface area contributed by atoms with Crippen LogP contribution in [0.15, 0.2) is 36.4 Å². The van der Waals surface area contributed by atoms with E-state index in [-0.39, 0.29) is 18.9 Å². The molecule has 0 saturated carbocycles. The van der Waals surface area contributed by atoms with E-state index >= 15 is 0 Å². The molecular weight excluding hydrogens is 374 g/mol. The number of carbonyl (C=O) groups is 2. The fraction of sp³-hybridized carbons (Fsp3) is 0.364. The minimum atomic E-state index is -0.536. The lowest BCUT2D eigenvalue weighted by Gasteiger charge is -2.14. The van der Waals surface area contributed by atoms with E-state index in [0.717, 1.165) is 5.56 Å². The quantitative estimate of drug-likeness (QED) is 0.647. The van der Waals surface area contributed by atoms with Crippen LogP contribution in [0.25, 0.3) is 0 Å². The Morgan fingerprint density at radius 1 is 0.966 bits per heavy atom. The number of para-hydroxylation sites is 1. The van der Waals surface area contributed by atoms with Crippen LogP contribution in [0.1, 0.15) is 30.9 Å². The second-order valence-electron chi connectivity index (χ2n) is 6.66. The SMILES string of the molecule is COc1cc(CC(=O)OCC(=O)Nc2ccccc2C(C)C)cc(OC)c1OC. The van der Waals surface area contributed by atoms with E-state index in [1.165, 1.54) is 21.3 Å². The van der Waals surface area contributed by atoms with E-state index in [1.807, 2.05) is 38.1 Å². The van der Waals surface area contributed by atoms with Gasteiger partial charge < -0.3 is 24.3 Å². The molecule has 0 aliphatic carbocycles. The van der Waals surface area contributed by atoms with Crippen LogP contribution in [0, 0.1) is 0 Å². The summed E-state index contributed by atoms with van der Waals surface area (Å²) >= 11 is 0. The molecule has 0 aromatic heterocycles. The molecule has 156 valence electrons. The predicted octanol–water partition coefficient (Wildman–Crippen LogP) is 3.56. The van der Waals surface area contributed by atoms with Crippen molar-refractivity contribution in [1.29, 1.82) is 0 Å². The first-order valence-electron chi connectivity index (χ1n) is 9.22. The van der Waals surface area contributed by atoms with Gasteiger partial charge in [0.15, 0.2) is 18.1 Å². The number of carbonyl (C=O) groups excluding carboxylic acids is 2. The molecule has 0 heterocycles. The van der Waals surface area contributed by atoms with Crippen LogP contribution in [0.4, 0.5) is 5.69 Å². The maximum atomic E-state index is 12.2. The highest BCUT2D eigenvalue weighted by Crippen LogP contribution is 2.38. The number of methoxy groups -OCH3 is 3. The molecule has 0 radical (unpaired) electrons. The predicted molar refractivity (Wildman–Crippen MR) is 110 cm³/mol. The lowest BCUT2D eigenvalue weighted by molar-refractivity contribution is -0.146. The number of nitrogens with one attached hydrogen (secondary N) is 1. The zero-order valence-corrected chi connectivity index (χ0v) is 17.4. The second kappa shape index (κ2) is 10.4. The lowest BCUT2D eigenvalue weighted by Crippen LogP contribution is -2.22. The summed E-state index contributed by atoms with van der Waals surface area (Å²) in [5.74, 6) is 0.655. The Hall–Kier alpha value is -3.22. The van der Waals surface area contributed by atoms with Crippen molar-refractivity contribution in [2.75, 3.05) is 33.3 Å². The lowest BCUT2D eigenvalue weighted by atomic mass is 10.0. The van der Waals surface area contributed by atoms with Crippen molar-refractivity contribution in [2.45, 2.75) is 26.2 Å². The molecule has 0 bridgehead atoms. The minimum Gasteiger partial charge on any atom is -0.493 e. The van der Waals surface area contributed by atoms with Crippen LogP contribution in [0.3, 0.4) is 0 Å². The molecule has 0 saturated heterocycles. The number of hydrogen-bond acceptors (Lipinski definition) is 6. The molecule has 1 amide bonds. The molecule has 29 heavy (non-hydrogen) atoms. The van der Waals surface area contributed by atoms with E-state index < -0.39 is 11.9 Å². The van der Waals surface area contributed by atoms with Crippen LogP contribution >= 0.6 is 0 Å². The molecule has 0 fully saturated rings. The van der Waals surface area contributed by atoms with E-state index in [2.05, 4.69) is 5.32 Å². The van der Waals surface area contributed by atoms with Gasteiger partial charge in [-0.05, 0) is 35.2 Å². The summed E-state index contributed by atoms with van der Waals surface area (Å²) in [4.78, 5) is 24.4. The minimum absolute atomic E-state index is 0.0351. The molecule has 0 unspecified atom stereocenters. The normalized spacial score (nSPS) is 10.4. The maximum Gasteiger partial charge on any atom is 0.310 e. The number of ether oxygens (including phenoxy) is 4. The van der Waals surface area contributed by atoms with Crippen molar-refractivity contribution in [3.8, 4) is 17.2 Å². The van der Waals surface area contributed by atoms with Crippen LogP contribution in [-0.4, -0.2) is 39.8 Å². The van der Waals surface area contributed by atoms with Crippen molar-refractivity contribution < 1.29 is 28.5 Å². The Balaban J connectivity index is 1.97. The Kier molecular flexibility index (Phi) is 7.88. The van der Waals surface area contributed by atoms with E-state index in [4.69, 9.17) is 18.9 Å². The van der Waals surface area contributed by atoms with Gasteiger partial charge in [0, 0.05) is 5.69 Å². The van der Waals surface area contributed by atoms with Crippen molar-refractivity contribution in [3.05, 3.63) is 47.5 Å². The second-order valence-corrected chi connectivity index (χ2v) is 6.66. The average molecular weight is 401 g/mol. The fourth-order valence-electron chi connectivity index (χ4n) is 2.90. The first-order valence-corrected chi connectivity index (χ1v) is 9.22. The molecule has 0 aliphatic heterocycles. The molecule has 0 aliphatic rings. The fourth-order valence-corrected chi connectivity index (χ4v) is 2.90. The molecule has 1 N–H and O–H groups in total. The van der Waals surface area contributed by atoms with Gasteiger partial charge in [0.05, 0.1) is 27.8 Å². The van der Waals surface area contributed by atoms with Crippen LogP contribution < -0.4 is 19.5 Å². The highest BCUT2D eigenvalue weighted by molar-refractivity contribution is 5.93. The first kappa shape index (κ1) is 22.1. The summed E-state index contributed by atoms with van der Waals surface area (Å²) in [5.41, 5.74) is 2.35. The average Bonchev–Trinajstić information content (AvgIpc) is 2.71. The van der Waals surface area contributed by atoms with Gasteiger partial charge in [-0.2, -0.15) is 0 Å². The topological polar surface area (TPSA) is 83.1 Å². The smallest absolute Gasteiger partial charge is 0.310 e. The molecule has 2 aromatic carbocycles. The third-order valence-corrected chi connectivity index (χ3v) is 4.29. The van der Waals surface area contributed by atoms with Crippen molar-refractivity contribution >= 4 is 17.6 Å². The monoisotopic (exact) mass is 401 g/mol. The number of rotatable bonds is 9. The van der Waals surface area contributed by atoms with Gasteiger partial charge in [0.1, 0.15) is 0 Å². The van der Waals surface area contributed by atoms with Gasteiger partial charge in [-0.1, -0.05) is 32.0 Å². The van der Waals surface area contributed by atoms with Gasteiger partial charge in [-0.3, -0.25) is 9.59 Å². The standard InChI is InChI=1S/C22H27NO6/c1-14(2)16-8-6-7-9-17(16)23-20(24)13-29-21(25)12-15-10-18(26-3)22(28-5)19(11-15)27-4/h6-11,14H,12-13H2,1-5H3,(H,23,24). The molecule has 7 heteroatoms. The van der Waals surface area contributed by atoms with Gasteiger partial charge in [-0.25, -0.2) is 0 Å². The molecule has 0 atom stereocenters. The molecular formula is C22H27NO6. The molecule has 7 nitrogen and oxygen atoms in total. The third-order valence-electron chi connectivity index (χ3n) is 4.29. The van der Waals surface area contributed by atoms with Crippen molar-refractivity contribution in [2.24, 2.45) is 0 Å². The Morgan fingerprint density at radius 3 is 2.14 bits per heavy atom. The Bertz CT molecular complexity index is 837. The van der Waals surface area contributed by atoms with Crippen LogP contribution in [0.2, 0.25) is 0 Å². The number of amides is 1. The van der Waals surface area contributed by atoms with Gasteiger partial charge in [0.25, 0.3) is 5.91 Å². The van der Waals surface area contributed by atoms with Crippen molar-refractivity contribution in [1.82, 2.24) is 0 Å². The Labute approximate surface area is 170 Å². The molecule has 0 spiro atoms. The maximum absolute atomic E-state index is 12.2. The molecule has 2 aromatic rings. The zero-order valence-electron chi connectivity index (χ0n) is 17.4. The van der Waals surface area contributed by atoms with Crippen LogP contribution in [-0.2, 0) is 20.7 Å². The number of benzene rings is 2. The largest absolute Gasteiger partial charge is 0.493 e. The van der Waals surface area contributed by atoms with Gasteiger partial charge >= 0.3 is 5.97 Å². The summed E-state index contributed by atoms with van der Waals surface area (Å²) in [6.45, 7) is 3.72. The first-order chi connectivity index (χ1) is 13.9. The summed E-state index contributed by atoms with van der Waals surface area (Å²) < 4.78 is 20.9. The summed E-state index contributed by atoms with van der Waals surface area (Å²) in [7, 11) is 4.50. The summed E-state index contributed by atoms with van der Waals surface area (Å²) in [6.07, 6.45) is -0.0351. The number of esters is 1. The van der Waals surface area contributed by atoms with Gasteiger partial charge in [-0.15, -0.1) is 0 Å². The van der Waals surface area contributed by atoms with Crippen molar-refractivity contribution in [3.63, 3.8) is 0 Å². The highest BCUT2D eigenvalue weighted by atomic mass is 16.5. The molecule has 2 rings (SSSR count). The van der Waals surface area contributed by atoms with Gasteiger partial charge in [0.2, 0.25) is 5.75 Å². The third kappa shape index (κ3) is 5.88. The van der Waals surface area contributed by atoms with E-state index in [1.54, 1.807) is 12.1 Å². The number of anilines is 1. The Morgan fingerprint density at radius 2 is 1.59 bits per heavy atom. The summed E-state index contributed by atoms with van der Waals surface area (Å²) in [5, 5.41) is 2.79. The van der Waals surface area contributed by atoms with E-state index in [9.17, 15) is 9.59 Å². The summed E-state index contributed by atoms with van der Waals surface area (Å²) in [6, 6.07) is 10.9. The number of hydrogen-bond donors (Lipinski definition) is 1.